The van der Waals surface area contributed by atoms with Gasteiger partial charge in [0.15, 0.2) is 0 Å². The van der Waals surface area contributed by atoms with Crippen molar-refractivity contribution < 1.29 is 28.7 Å². The molecule has 1 aliphatic heterocycles. The van der Waals surface area contributed by atoms with Crippen LogP contribution in [0.4, 0.5) is 4.79 Å². The Bertz CT molecular complexity index is 1150. The van der Waals surface area contributed by atoms with E-state index in [4.69, 9.17) is 9.47 Å². The van der Waals surface area contributed by atoms with Crippen LogP contribution in [0.1, 0.15) is 48.1 Å². The highest BCUT2D eigenvalue weighted by Crippen LogP contribution is 2.35. The maximum absolute atomic E-state index is 12.9. The van der Waals surface area contributed by atoms with Gasteiger partial charge in [0, 0.05) is 17.1 Å². The standard InChI is InChI=1S/C24H26N2O6S/c1-6-31-22(28)16(5)26-21(27)20(33-24(26)30)13-18-11-14(3)25(15(18)4)19-10-8-9-17(12-19)23(29)32-7-2/h8-13,16H,6-7H2,1-5H3/b20-13+/t16-/m0/s1. The number of carbonyl (C=O) groups is 4. The number of benzene rings is 1. The Balaban J connectivity index is 1.93. The van der Waals surface area contributed by atoms with Crippen LogP contribution >= 0.6 is 11.8 Å². The molecule has 1 aromatic heterocycles. The molecular weight excluding hydrogens is 444 g/mol. The molecule has 3 rings (SSSR count). The quantitative estimate of drug-likeness (QED) is 0.441. The summed E-state index contributed by atoms with van der Waals surface area (Å²) in [5.74, 6) is -1.55. The molecule has 174 valence electrons. The average Bonchev–Trinajstić information content (AvgIpc) is 3.21. The first-order chi connectivity index (χ1) is 15.7. The van der Waals surface area contributed by atoms with Gasteiger partial charge in [-0.1, -0.05) is 6.07 Å². The summed E-state index contributed by atoms with van der Waals surface area (Å²) in [5, 5.41) is -0.511. The van der Waals surface area contributed by atoms with Crippen molar-refractivity contribution in [1.29, 1.82) is 0 Å². The summed E-state index contributed by atoms with van der Waals surface area (Å²) in [7, 11) is 0. The lowest BCUT2D eigenvalue weighted by Crippen LogP contribution is -2.42. The first kappa shape index (κ1) is 24.3. The molecule has 2 amide bonds. The number of hydrogen-bond donors (Lipinski definition) is 0. The zero-order chi connectivity index (χ0) is 24.3. The van der Waals surface area contributed by atoms with E-state index in [1.54, 1.807) is 38.1 Å². The Hall–Kier alpha value is -3.33. The van der Waals surface area contributed by atoms with Crippen molar-refractivity contribution in [3.8, 4) is 5.69 Å². The van der Waals surface area contributed by atoms with Crippen molar-refractivity contribution in [3.63, 3.8) is 0 Å². The Kier molecular flexibility index (Phi) is 7.43. The number of rotatable bonds is 7. The molecule has 0 unspecified atom stereocenters. The summed E-state index contributed by atoms with van der Waals surface area (Å²) in [6, 6.07) is 7.99. The molecule has 0 bridgehead atoms. The van der Waals surface area contributed by atoms with Gasteiger partial charge in [0.25, 0.3) is 11.1 Å². The van der Waals surface area contributed by atoms with Gasteiger partial charge in [-0.15, -0.1) is 0 Å². The molecule has 0 N–H and O–H groups in total. The number of hydrogen-bond acceptors (Lipinski definition) is 7. The normalized spacial score (nSPS) is 15.8. The summed E-state index contributed by atoms with van der Waals surface area (Å²) < 4.78 is 12.0. The Labute approximate surface area is 196 Å². The van der Waals surface area contributed by atoms with Crippen molar-refractivity contribution in [1.82, 2.24) is 9.47 Å². The minimum absolute atomic E-state index is 0.165. The molecule has 1 aliphatic rings. The summed E-state index contributed by atoms with van der Waals surface area (Å²) in [6.45, 7) is 9.15. The average molecular weight is 471 g/mol. The van der Waals surface area contributed by atoms with Crippen molar-refractivity contribution >= 4 is 40.9 Å². The van der Waals surface area contributed by atoms with Gasteiger partial charge in [0.1, 0.15) is 6.04 Å². The molecular formula is C24H26N2O6S. The largest absolute Gasteiger partial charge is 0.464 e. The third-order valence-corrected chi connectivity index (χ3v) is 6.09. The Morgan fingerprint density at radius 1 is 1.09 bits per heavy atom. The minimum Gasteiger partial charge on any atom is -0.464 e. The topological polar surface area (TPSA) is 94.9 Å². The third kappa shape index (κ3) is 4.88. The van der Waals surface area contributed by atoms with Crippen LogP contribution in [0.2, 0.25) is 0 Å². The molecule has 9 heteroatoms. The van der Waals surface area contributed by atoms with Crippen molar-refractivity contribution in [2.75, 3.05) is 13.2 Å². The van der Waals surface area contributed by atoms with Crippen LogP contribution in [-0.4, -0.2) is 51.8 Å². The second-order valence-corrected chi connectivity index (χ2v) is 8.41. The molecule has 0 radical (unpaired) electrons. The van der Waals surface area contributed by atoms with E-state index in [0.29, 0.717) is 12.2 Å². The highest BCUT2D eigenvalue weighted by Gasteiger charge is 2.41. The van der Waals surface area contributed by atoms with Gasteiger partial charge in [-0.25, -0.2) is 9.59 Å². The highest BCUT2D eigenvalue weighted by atomic mass is 32.2. The molecule has 1 saturated heterocycles. The van der Waals surface area contributed by atoms with E-state index < -0.39 is 29.1 Å². The zero-order valence-electron chi connectivity index (χ0n) is 19.2. The lowest BCUT2D eigenvalue weighted by Gasteiger charge is -2.19. The SMILES string of the molecule is CCOC(=O)c1cccc(-n2c(C)cc(/C=C3/SC(=O)N([C@@H](C)C(=O)OCC)C3=O)c2C)c1. The molecule has 0 saturated carbocycles. The van der Waals surface area contributed by atoms with Gasteiger partial charge < -0.3 is 14.0 Å². The number of nitrogens with zero attached hydrogens (tertiary/aromatic N) is 2. The second kappa shape index (κ2) is 10.1. The van der Waals surface area contributed by atoms with Crippen LogP contribution in [0.15, 0.2) is 35.2 Å². The number of esters is 2. The molecule has 2 aromatic rings. The summed E-state index contributed by atoms with van der Waals surface area (Å²) in [4.78, 5) is 50.6. The number of carbonyl (C=O) groups excluding carboxylic acids is 4. The van der Waals surface area contributed by atoms with Crippen LogP contribution in [0.25, 0.3) is 11.8 Å². The lowest BCUT2D eigenvalue weighted by molar-refractivity contribution is -0.150. The van der Waals surface area contributed by atoms with Gasteiger partial charge in [-0.05, 0) is 82.3 Å². The molecule has 0 aliphatic carbocycles. The van der Waals surface area contributed by atoms with Crippen LogP contribution in [0.3, 0.4) is 0 Å². The maximum atomic E-state index is 12.9. The fourth-order valence-electron chi connectivity index (χ4n) is 3.64. The third-order valence-electron chi connectivity index (χ3n) is 5.21. The van der Waals surface area contributed by atoms with Crippen LogP contribution in [0, 0.1) is 13.8 Å². The first-order valence-corrected chi connectivity index (χ1v) is 11.4. The monoisotopic (exact) mass is 470 g/mol. The van der Waals surface area contributed by atoms with E-state index in [2.05, 4.69) is 0 Å². The molecule has 1 fully saturated rings. The maximum Gasteiger partial charge on any atom is 0.338 e. The van der Waals surface area contributed by atoms with Crippen LogP contribution in [0.5, 0.6) is 0 Å². The molecule has 1 atom stereocenters. The van der Waals surface area contributed by atoms with Gasteiger partial charge >= 0.3 is 11.9 Å². The van der Waals surface area contributed by atoms with Crippen LogP contribution < -0.4 is 0 Å². The first-order valence-electron chi connectivity index (χ1n) is 10.6. The fraction of sp³-hybridized carbons (Fsp3) is 0.333. The summed E-state index contributed by atoms with van der Waals surface area (Å²) >= 11 is 0.792. The Morgan fingerprint density at radius 2 is 1.79 bits per heavy atom. The highest BCUT2D eigenvalue weighted by molar-refractivity contribution is 8.18. The number of aromatic nitrogens is 1. The van der Waals surface area contributed by atoms with Gasteiger partial charge in [-0.2, -0.15) is 0 Å². The molecule has 8 nitrogen and oxygen atoms in total. The number of ether oxygens (including phenoxy) is 2. The van der Waals surface area contributed by atoms with E-state index in [1.807, 2.05) is 30.5 Å². The van der Waals surface area contributed by atoms with Crippen molar-refractivity contribution in [2.24, 2.45) is 0 Å². The number of thioether (sulfide) groups is 1. The van der Waals surface area contributed by atoms with Crippen molar-refractivity contribution in [3.05, 3.63) is 57.8 Å². The van der Waals surface area contributed by atoms with E-state index in [0.717, 1.165) is 39.3 Å². The predicted octanol–water partition coefficient (Wildman–Crippen LogP) is 4.26. The van der Waals surface area contributed by atoms with E-state index in [9.17, 15) is 19.2 Å². The van der Waals surface area contributed by atoms with E-state index in [-0.39, 0.29) is 11.5 Å². The molecule has 1 aromatic carbocycles. The molecule has 33 heavy (non-hydrogen) atoms. The fourth-order valence-corrected chi connectivity index (χ4v) is 4.54. The number of amides is 2. The van der Waals surface area contributed by atoms with Gasteiger partial charge in [-0.3, -0.25) is 14.5 Å². The summed E-state index contributed by atoms with van der Waals surface area (Å²) in [5.41, 5.74) is 3.69. The van der Waals surface area contributed by atoms with Crippen molar-refractivity contribution in [2.45, 2.75) is 40.7 Å². The van der Waals surface area contributed by atoms with E-state index in [1.165, 1.54) is 6.92 Å². The van der Waals surface area contributed by atoms with E-state index >= 15 is 0 Å². The smallest absolute Gasteiger partial charge is 0.338 e. The molecule has 2 heterocycles. The predicted molar refractivity (Wildman–Crippen MR) is 125 cm³/mol. The minimum atomic E-state index is -0.999. The van der Waals surface area contributed by atoms with Gasteiger partial charge in [0.05, 0.1) is 23.7 Å². The van der Waals surface area contributed by atoms with Gasteiger partial charge in [0.2, 0.25) is 0 Å². The number of aryl methyl sites for hydroxylation is 1. The molecule has 0 spiro atoms. The lowest BCUT2D eigenvalue weighted by atomic mass is 10.2. The Morgan fingerprint density at radius 3 is 2.45 bits per heavy atom. The number of imide groups is 1. The van der Waals surface area contributed by atoms with Crippen LogP contribution in [-0.2, 0) is 19.1 Å². The zero-order valence-corrected chi connectivity index (χ0v) is 20.0. The summed E-state index contributed by atoms with van der Waals surface area (Å²) in [6.07, 6.45) is 1.65. The second-order valence-electron chi connectivity index (χ2n) is 7.41.